The lowest BCUT2D eigenvalue weighted by Gasteiger charge is -2.26. The molecule has 0 spiro atoms. The van der Waals surface area contributed by atoms with Crippen molar-refractivity contribution in [3.8, 4) is 0 Å². The molecular weight excluding hydrogens is 228 g/mol. The molecule has 2 atom stereocenters. The summed E-state index contributed by atoms with van der Waals surface area (Å²) in [5.41, 5.74) is 0. The largest absolute Gasteiger partial charge is 0.383 e. The van der Waals surface area contributed by atoms with Crippen LogP contribution >= 0.6 is 0 Å². The van der Waals surface area contributed by atoms with E-state index in [1.807, 2.05) is 11.9 Å². The lowest BCUT2D eigenvalue weighted by molar-refractivity contribution is -0.131. The van der Waals surface area contributed by atoms with Crippen LogP contribution in [0.5, 0.6) is 0 Å². The quantitative estimate of drug-likeness (QED) is 0.753. The molecule has 0 aromatic rings. The van der Waals surface area contributed by atoms with E-state index in [1.165, 1.54) is 12.8 Å². The fourth-order valence-electron chi connectivity index (χ4n) is 2.68. The Kier molecular flexibility index (Phi) is 7.28. The maximum atomic E-state index is 12.1. The van der Waals surface area contributed by atoms with Gasteiger partial charge in [0.1, 0.15) is 0 Å². The second-order valence-electron chi connectivity index (χ2n) is 5.26. The van der Waals surface area contributed by atoms with Crippen LogP contribution < -0.4 is 5.32 Å². The highest BCUT2D eigenvalue weighted by Gasteiger charge is 2.23. The Morgan fingerprint density at radius 1 is 1.50 bits per heavy atom. The molecule has 0 aromatic carbocycles. The van der Waals surface area contributed by atoms with Crippen LogP contribution in [0.15, 0.2) is 0 Å². The Balaban J connectivity index is 2.46. The fraction of sp³-hybridized carbons (Fsp3) is 0.929. The normalized spacial score (nSPS) is 22.9. The molecule has 1 N–H and O–H groups in total. The summed E-state index contributed by atoms with van der Waals surface area (Å²) in [7, 11) is 3.62. The van der Waals surface area contributed by atoms with Crippen molar-refractivity contribution in [1.82, 2.24) is 10.2 Å². The molecule has 1 heterocycles. The molecule has 0 aliphatic carbocycles. The zero-order valence-corrected chi connectivity index (χ0v) is 12.1. The number of likely N-dealkylation sites (tertiary alicyclic amines) is 1. The smallest absolute Gasteiger partial charge is 0.222 e. The van der Waals surface area contributed by atoms with Crippen molar-refractivity contribution in [1.29, 1.82) is 0 Å². The second-order valence-corrected chi connectivity index (χ2v) is 5.26. The van der Waals surface area contributed by atoms with Gasteiger partial charge in [0.15, 0.2) is 0 Å². The van der Waals surface area contributed by atoms with E-state index < -0.39 is 0 Å². The topological polar surface area (TPSA) is 41.6 Å². The third-order valence-electron chi connectivity index (χ3n) is 3.84. The Bertz CT molecular complexity index is 246. The maximum Gasteiger partial charge on any atom is 0.222 e. The highest BCUT2D eigenvalue weighted by Crippen LogP contribution is 2.22. The van der Waals surface area contributed by atoms with Crippen molar-refractivity contribution in [3.63, 3.8) is 0 Å². The standard InChI is InChI=1S/C14H28N2O2/c1-4-5-12-6-7-14(17)16(9-8-12)10-13(15-2)11-18-3/h12-13,15H,4-11H2,1-3H3. The van der Waals surface area contributed by atoms with E-state index in [4.69, 9.17) is 4.74 Å². The minimum atomic E-state index is 0.238. The Morgan fingerprint density at radius 3 is 2.89 bits per heavy atom. The third kappa shape index (κ3) is 4.94. The first kappa shape index (κ1) is 15.4. The Morgan fingerprint density at radius 2 is 2.28 bits per heavy atom. The van der Waals surface area contributed by atoms with Crippen molar-refractivity contribution in [2.75, 3.05) is 33.9 Å². The first-order chi connectivity index (χ1) is 8.71. The van der Waals surface area contributed by atoms with Gasteiger partial charge in [0.2, 0.25) is 5.91 Å². The van der Waals surface area contributed by atoms with E-state index in [-0.39, 0.29) is 6.04 Å². The van der Waals surface area contributed by atoms with E-state index in [2.05, 4.69) is 12.2 Å². The predicted molar refractivity (Wildman–Crippen MR) is 73.6 cm³/mol. The zero-order chi connectivity index (χ0) is 13.4. The fourth-order valence-corrected chi connectivity index (χ4v) is 2.68. The monoisotopic (exact) mass is 256 g/mol. The highest BCUT2D eigenvalue weighted by atomic mass is 16.5. The molecule has 0 saturated carbocycles. The van der Waals surface area contributed by atoms with E-state index in [9.17, 15) is 4.79 Å². The number of nitrogens with zero attached hydrogens (tertiary/aromatic N) is 1. The van der Waals surface area contributed by atoms with Gasteiger partial charge in [0.05, 0.1) is 6.61 Å². The van der Waals surface area contributed by atoms with Crippen molar-refractivity contribution >= 4 is 5.91 Å². The van der Waals surface area contributed by atoms with E-state index in [0.29, 0.717) is 18.9 Å². The minimum Gasteiger partial charge on any atom is -0.383 e. The summed E-state index contributed by atoms with van der Waals surface area (Å²) in [6, 6.07) is 0.238. The van der Waals surface area contributed by atoms with Crippen LogP contribution in [0.25, 0.3) is 0 Å². The molecule has 1 aliphatic heterocycles. The van der Waals surface area contributed by atoms with Crippen molar-refractivity contribution in [2.24, 2.45) is 5.92 Å². The van der Waals surface area contributed by atoms with Crippen LogP contribution in [0.2, 0.25) is 0 Å². The molecule has 1 saturated heterocycles. The van der Waals surface area contributed by atoms with Crippen LogP contribution in [0.1, 0.15) is 39.0 Å². The van der Waals surface area contributed by atoms with Crippen LogP contribution in [-0.4, -0.2) is 50.7 Å². The molecule has 0 radical (unpaired) electrons. The SMILES string of the molecule is CCCC1CCC(=O)N(CC(COC)NC)CC1. The summed E-state index contributed by atoms with van der Waals surface area (Å²) in [6.45, 7) is 4.55. The number of methoxy groups -OCH3 is 1. The number of likely N-dealkylation sites (N-methyl/N-ethyl adjacent to an activating group) is 1. The molecule has 4 nitrogen and oxygen atoms in total. The van der Waals surface area contributed by atoms with E-state index in [0.717, 1.165) is 31.8 Å². The van der Waals surface area contributed by atoms with Crippen molar-refractivity contribution < 1.29 is 9.53 Å². The molecule has 106 valence electrons. The van der Waals surface area contributed by atoms with Crippen LogP contribution in [-0.2, 0) is 9.53 Å². The Labute approximate surface area is 111 Å². The number of hydrogen-bond donors (Lipinski definition) is 1. The summed E-state index contributed by atoms with van der Waals surface area (Å²) in [5.74, 6) is 1.05. The van der Waals surface area contributed by atoms with Gasteiger partial charge in [-0.2, -0.15) is 0 Å². The van der Waals surface area contributed by atoms with Crippen molar-refractivity contribution in [2.45, 2.75) is 45.1 Å². The second kappa shape index (κ2) is 8.48. The predicted octanol–water partition coefficient (Wildman–Crippen LogP) is 1.65. The number of amides is 1. The lowest BCUT2D eigenvalue weighted by Crippen LogP contribution is -2.44. The van der Waals surface area contributed by atoms with Gasteiger partial charge in [-0.3, -0.25) is 4.79 Å². The summed E-state index contributed by atoms with van der Waals surface area (Å²) in [6.07, 6.45) is 5.42. The van der Waals surface area contributed by atoms with Gasteiger partial charge in [0.25, 0.3) is 0 Å². The molecule has 0 bridgehead atoms. The van der Waals surface area contributed by atoms with Crippen molar-refractivity contribution in [3.05, 3.63) is 0 Å². The molecule has 18 heavy (non-hydrogen) atoms. The van der Waals surface area contributed by atoms with Gasteiger partial charge in [-0.05, 0) is 25.8 Å². The van der Waals surface area contributed by atoms with Crippen LogP contribution in [0.4, 0.5) is 0 Å². The lowest BCUT2D eigenvalue weighted by atomic mass is 9.96. The van der Waals surface area contributed by atoms with E-state index >= 15 is 0 Å². The highest BCUT2D eigenvalue weighted by molar-refractivity contribution is 5.76. The molecular formula is C14H28N2O2. The number of carbonyl (C=O) groups is 1. The summed E-state index contributed by atoms with van der Waals surface area (Å²) in [5, 5.41) is 3.21. The third-order valence-corrected chi connectivity index (χ3v) is 3.84. The molecule has 2 unspecified atom stereocenters. The molecule has 1 amide bonds. The van der Waals surface area contributed by atoms with Gasteiger partial charge in [0, 0.05) is 32.7 Å². The summed E-state index contributed by atoms with van der Waals surface area (Å²) in [4.78, 5) is 14.1. The summed E-state index contributed by atoms with van der Waals surface area (Å²) < 4.78 is 5.16. The number of rotatable bonds is 7. The van der Waals surface area contributed by atoms with Gasteiger partial charge in [-0.1, -0.05) is 19.8 Å². The first-order valence-corrected chi connectivity index (χ1v) is 7.15. The van der Waals surface area contributed by atoms with Gasteiger partial charge in [-0.25, -0.2) is 0 Å². The number of nitrogens with one attached hydrogen (secondary N) is 1. The van der Waals surface area contributed by atoms with Crippen LogP contribution in [0.3, 0.4) is 0 Å². The zero-order valence-electron chi connectivity index (χ0n) is 12.1. The number of ether oxygens (including phenoxy) is 1. The molecule has 0 aromatic heterocycles. The summed E-state index contributed by atoms with van der Waals surface area (Å²) >= 11 is 0. The Hall–Kier alpha value is -0.610. The van der Waals surface area contributed by atoms with Crippen LogP contribution in [0, 0.1) is 5.92 Å². The molecule has 4 heteroatoms. The van der Waals surface area contributed by atoms with E-state index in [1.54, 1.807) is 7.11 Å². The molecule has 1 rings (SSSR count). The van der Waals surface area contributed by atoms with Gasteiger partial charge >= 0.3 is 0 Å². The minimum absolute atomic E-state index is 0.238. The number of carbonyl (C=O) groups excluding carboxylic acids is 1. The average molecular weight is 256 g/mol. The van der Waals surface area contributed by atoms with Gasteiger partial charge in [-0.15, -0.1) is 0 Å². The first-order valence-electron chi connectivity index (χ1n) is 7.15. The maximum absolute atomic E-state index is 12.1. The average Bonchev–Trinajstić information content (AvgIpc) is 2.54. The van der Waals surface area contributed by atoms with Gasteiger partial charge < -0.3 is 15.0 Å². The molecule has 1 fully saturated rings. The number of hydrogen-bond acceptors (Lipinski definition) is 3. The molecule has 1 aliphatic rings.